The highest BCUT2D eigenvalue weighted by atomic mass is 32.1. The lowest BCUT2D eigenvalue weighted by Gasteiger charge is -2.10. The minimum atomic E-state index is -0.427. The molecule has 3 aromatic rings. The first-order chi connectivity index (χ1) is 11.5. The molecule has 2 aromatic heterocycles. The molecule has 24 heavy (non-hydrogen) atoms. The molecule has 5 nitrogen and oxygen atoms in total. The first-order valence-corrected chi connectivity index (χ1v) is 8.54. The number of thiazole rings is 1. The summed E-state index contributed by atoms with van der Waals surface area (Å²) < 4.78 is 2.11. The van der Waals surface area contributed by atoms with Gasteiger partial charge in [-0.2, -0.15) is 0 Å². The number of aromatic nitrogens is 2. The molecule has 0 unspecified atom stereocenters. The molecule has 6 heteroatoms. The van der Waals surface area contributed by atoms with Crippen LogP contribution in [0.25, 0.3) is 10.6 Å². The second-order valence-corrected chi connectivity index (χ2v) is 6.58. The van der Waals surface area contributed by atoms with Gasteiger partial charge >= 0.3 is 0 Å². The maximum absolute atomic E-state index is 12.0. The van der Waals surface area contributed by atoms with Crippen LogP contribution in [0.15, 0.2) is 35.8 Å². The Balaban J connectivity index is 1.98. The predicted octanol–water partition coefficient (Wildman–Crippen LogP) is 3.28. The van der Waals surface area contributed by atoms with E-state index in [0.717, 1.165) is 40.5 Å². The van der Waals surface area contributed by atoms with Crippen LogP contribution < -0.4 is 5.73 Å². The molecule has 3 rings (SSSR count). The highest BCUT2D eigenvalue weighted by molar-refractivity contribution is 7.13. The number of phenolic OH excluding ortho intramolecular Hbond substituents is 1. The molecule has 0 saturated carbocycles. The molecular formula is C18H19N3O2S. The zero-order valence-electron chi connectivity index (χ0n) is 13.6. The summed E-state index contributed by atoms with van der Waals surface area (Å²) in [6, 6.07) is 7.17. The van der Waals surface area contributed by atoms with Crippen molar-refractivity contribution >= 4 is 17.2 Å². The Kier molecular flexibility index (Phi) is 4.40. The number of amides is 1. The van der Waals surface area contributed by atoms with Crippen molar-refractivity contribution in [1.82, 2.24) is 9.55 Å². The molecule has 0 bridgehead atoms. The number of benzene rings is 1. The SMILES string of the molecule is Cc1c(C(N)=O)c(-c2nccs2)c(C)n1CCc1ccc(O)cc1. The monoisotopic (exact) mass is 341 g/mol. The van der Waals surface area contributed by atoms with Gasteiger partial charge < -0.3 is 15.4 Å². The van der Waals surface area contributed by atoms with Gasteiger partial charge in [0.2, 0.25) is 0 Å². The molecular weight excluding hydrogens is 322 g/mol. The van der Waals surface area contributed by atoms with E-state index in [2.05, 4.69) is 9.55 Å². The third-order valence-electron chi connectivity index (χ3n) is 4.24. The smallest absolute Gasteiger partial charge is 0.251 e. The Morgan fingerprint density at radius 3 is 2.54 bits per heavy atom. The average Bonchev–Trinajstić information content (AvgIpc) is 3.14. The molecule has 3 N–H and O–H groups in total. The van der Waals surface area contributed by atoms with E-state index >= 15 is 0 Å². The lowest BCUT2D eigenvalue weighted by molar-refractivity contribution is 0.1000. The van der Waals surface area contributed by atoms with Crippen molar-refractivity contribution in [2.75, 3.05) is 0 Å². The molecule has 0 saturated heterocycles. The maximum atomic E-state index is 12.0. The van der Waals surface area contributed by atoms with Crippen LogP contribution in [0.4, 0.5) is 0 Å². The topological polar surface area (TPSA) is 81.1 Å². The van der Waals surface area contributed by atoms with Crippen molar-refractivity contribution in [3.05, 3.63) is 58.4 Å². The van der Waals surface area contributed by atoms with Gasteiger partial charge in [-0.05, 0) is 38.0 Å². The number of hydrogen-bond donors (Lipinski definition) is 2. The van der Waals surface area contributed by atoms with E-state index in [1.165, 1.54) is 11.3 Å². The molecule has 0 atom stereocenters. The molecule has 124 valence electrons. The Labute approximate surface area is 144 Å². The fourth-order valence-electron chi connectivity index (χ4n) is 3.03. The van der Waals surface area contributed by atoms with Crippen molar-refractivity contribution in [3.63, 3.8) is 0 Å². The average molecular weight is 341 g/mol. The van der Waals surface area contributed by atoms with Crippen LogP contribution in [0.5, 0.6) is 5.75 Å². The first-order valence-electron chi connectivity index (χ1n) is 7.66. The van der Waals surface area contributed by atoms with Gasteiger partial charge in [0.05, 0.1) is 5.56 Å². The van der Waals surface area contributed by atoms with E-state index in [9.17, 15) is 9.90 Å². The highest BCUT2D eigenvalue weighted by Crippen LogP contribution is 2.33. The van der Waals surface area contributed by atoms with Crippen molar-refractivity contribution in [2.45, 2.75) is 26.8 Å². The number of carbonyl (C=O) groups excluding carboxylic acids is 1. The highest BCUT2D eigenvalue weighted by Gasteiger charge is 2.23. The maximum Gasteiger partial charge on any atom is 0.251 e. The van der Waals surface area contributed by atoms with Gasteiger partial charge in [-0.15, -0.1) is 11.3 Å². The van der Waals surface area contributed by atoms with Crippen molar-refractivity contribution in [1.29, 1.82) is 0 Å². The molecule has 0 aliphatic rings. The normalized spacial score (nSPS) is 10.9. The van der Waals surface area contributed by atoms with Crippen LogP contribution in [0.2, 0.25) is 0 Å². The molecule has 2 heterocycles. The van der Waals surface area contributed by atoms with Gasteiger partial charge in [-0.25, -0.2) is 4.98 Å². The first kappa shape index (κ1) is 16.3. The summed E-state index contributed by atoms with van der Waals surface area (Å²) in [5.41, 5.74) is 9.99. The van der Waals surface area contributed by atoms with Crippen LogP contribution in [-0.2, 0) is 13.0 Å². The molecule has 0 radical (unpaired) electrons. The molecule has 0 aliphatic carbocycles. The standard InChI is InChI=1S/C18H19N3O2S/c1-11-15(17(19)23)16(18-20-8-10-24-18)12(2)21(11)9-7-13-3-5-14(22)6-4-13/h3-6,8,10,22H,7,9H2,1-2H3,(H2,19,23). The number of aryl methyl sites for hydroxylation is 1. The van der Waals surface area contributed by atoms with Crippen LogP contribution in [0.3, 0.4) is 0 Å². The zero-order valence-corrected chi connectivity index (χ0v) is 14.4. The largest absolute Gasteiger partial charge is 0.508 e. The van der Waals surface area contributed by atoms with E-state index in [1.807, 2.05) is 31.4 Å². The summed E-state index contributed by atoms with van der Waals surface area (Å²) in [6.45, 7) is 4.64. The van der Waals surface area contributed by atoms with Crippen LogP contribution in [-0.4, -0.2) is 20.6 Å². The van der Waals surface area contributed by atoms with E-state index in [4.69, 9.17) is 5.73 Å². The van der Waals surface area contributed by atoms with Crippen LogP contribution in [0.1, 0.15) is 27.3 Å². The Morgan fingerprint density at radius 2 is 1.96 bits per heavy atom. The summed E-state index contributed by atoms with van der Waals surface area (Å²) in [6.07, 6.45) is 2.53. The fraction of sp³-hybridized carbons (Fsp3) is 0.222. The molecule has 1 aromatic carbocycles. The minimum absolute atomic E-state index is 0.258. The Bertz CT molecular complexity index is 865. The number of hydrogen-bond acceptors (Lipinski definition) is 4. The van der Waals surface area contributed by atoms with Crippen molar-refractivity contribution < 1.29 is 9.90 Å². The van der Waals surface area contributed by atoms with Gasteiger partial charge in [0.15, 0.2) is 0 Å². The lowest BCUT2D eigenvalue weighted by atomic mass is 10.1. The van der Waals surface area contributed by atoms with Gasteiger partial charge in [0, 0.05) is 35.1 Å². The number of nitrogens with two attached hydrogens (primary N) is 1. The van der Waals surface area contributed by atoms with E-state index in [-0.39, 0.29) is 5.75 Å². The second-order valence-electron chi connectivity index (χ2n) is 5.69. The molecule has 1 amide bonds. The molecule has 0 spiro atoms. The Hall–Kier alpha value is -2.60. The van der Waals surface area contributed by atoms with Crippen molar-refractivity contribution in [3.8, 4) is 16.3 Å². The quantitative estimate of drug-likeness (QED) is 0.747. The third-order valence-corrected chi connectivity index (χ3v) is 5.03. The number of carbonyl (C=O) groups is 1. The van der Waals surface area contributed by atoms with Gasteiger partial charge in [0.1, 0.15) is 10.8 Å². The number of rotatable bonds is 5. The van der Waals surface area contributed by atoms with Gasteiger partial charge in [-0.1, -0.05) is 12.1 Å². The molecule has 0 aliphatic heterocycles. The second kappa shape index (κ2) is 6.49. The zero-order chi connectivity index (χ0) is 17.3. The fourth-order valence-corrected chi connectivity index (χ4v) is 3.77. The lowest BCUT2D eigenvalue weighted by Crippen LogP contribution is -2.13. The van der Waals surface area contributed by atoms with Crippen LogP contribution in [0, 0.1) is 13.8 Å². The van der Waals surface area contributed by atoms with E-state index in [0.29, 0.717) is 5.56 Å². The third kappa shape index (κ3) is 2.92. The van der Waals surface area contributed by atoms with Crippen LogP contribution >= 0.6 is 11.3 Å². The summed E-state index contributed by atoms with van der Waals surface area (Å²) in [5, 5.41) is 12.1. The predicted molar refractivity (Wildman–Crippen MR) is 95.3 cm³/mol. The van der Waals surface area contributed by atoms with E-state index in [1.54, 1.807) is 18.3 Å². The van der Waals surface area contributed by atoms with Gasteiger partial charge in [0.25, 0.3) is 5.91 Å². The molecule has 0 fully saturated rings. The summed E-state index contributed by atoms with van der Waals surface area (Å²) in [4.78, 5) is 16.3. The summed E-state index contributed by atoms with van der Waals surface area (Å²) in [7, 11) is 0. The summed E-state index contributed by atoms with van der Waals surface area (Å²) in [5.74, 6) is -0.168. The number of nitrogens with zero attached hydrogens (tertiary/aromatic N) is 2. The minimum Gasteiger partial charge on any atom is -0.508 e. The Morgan fingerprint density at radius 1 is 1.25 bits per heavy atom. The van der Waals surface area contributed by atoms with Gasteiger partial charge in [-0.3, -0.25) is 4.79 Å². The number of aromatic hydroxyl groups is 1. The van der Waals surface area contributed by atoms with E-state index < -0.39 is 5.91 Å². The number of phenols is 1. The number of primary amides is 1. The van der Waals surface area contributed by atoms with Crippen molar-refractivity contribution in [2.24, 2.45) is 5.73 Å². The summed E-state index contributed by atoms with van der Waals surface area (Å²) >= 11 is 1.50.